The molecule has 18 heavy (non-hydrogen) atoms. The summed E-state index contributed by atoms with van der Waals surface area (Å²) in [6.45, 7) is 0.117. The van der Waals surface area contributed by atoms with Crippen LogP contribution in [-0.2, 0) is 10.5 Å². The van der Waals surface area contributed by atoms with E-state index in [9.17, 15) is 4.79 Å². The van der Waals surface area contributed by atoms with Crippen LogP contribution in [0.4, 0.5) is 0 Å². The first-order chi connectivity index (χ1) is 8.65. The fourth-order valence-electron chi connectivity index (χ4n) is 1.49. The Kier molecular flexibility index (Phi) is 6.52. The van der Waals surface area contributed by atoms with E-state index < -0.39 is 5.97 Å². The number of hydrogen-bond donors (Lipinski definition) is 1. The van der Waals surface area contributed by atoms with E-state index in [-0.39, 0.29) is 6.61 Å². The van der Waals surface area contributed by atoms with Gasteiger partial charge in [-0.15, -0.1) is 0 Å². The molecule has 0 saturated carbocycles. The molecule has 0 aromatic heterocycles. The second-order valence-corrected chi connectivity index (χ2v) is 5.34. The molecular formula is C12H15BrO4S. The largest absolute Gasteiger partial charge is 0.495 e. The Bertz CT molecular complexity index is 423. The van der Waals surface area contributed by atoms with Crippen molar-refractivity contribution >= 4 is 33.7 Å². The van der Waals surface area contributed by atoms with E-state index in [0.29, 0.717) is 27.3 Å². The Balaban J connectivity index is 3.12. The second kappa shape index (κ2) is 7.66. The normalized spacial score (nSPS) is 10.2. The molecule has 0 bridgehead atoms. The summed E-state index contributed by atoms with van der Waals surface area (Å²) in [6, 6.07) is 3.68. The van der Waals surface area contributed by atoms with Crippen molar-refractivity contribution in [3.05, 3.63) is 27.7 Å². The highest BCUT2D eigenvalue weighted by Gasteiger charge is 2.20. The first-order valence-corrected chi connectivity index (χ1v) is 7.22. The molecule has 0 amide bonds. The SMILES string of the molecule is COC(=O)c1c(CSCCO)ccc(Br)c1OC. The molecule has 1 N–H and O–H groups in total. The van der Waals surface area contributed by atoms with Crippen molar-refractivity contribution in [2.75, 3.05) is 26.6 Å². The van der Waals surface area contributed by atoms with Crippen molar-refractivity contribution in [3.8, 4) is 5.75 Å². The van der Waals surface area contributed by atoms with Crippen LogP contribution in [0.25, 0.3) is 0 Å². The Labute approximate surface area is 119 Å². The average molecular weight is 335 g/mol. The summed E-state index contributed by atoms with van der Waals surface area (Å²) < 4.78 is 10.7. The van der Waals surface area contributed by atoms with Gasteiger partial charge >= 0.3 is 5.97 Å². The van der Waals surface area contributed by atoms with Crippen LogP contribution in [0.3, 0.4) is 0 Å². The maximum absolute atomic E-state index is 11.8. The highest BCUT2D eigenvalue weighted by Crippen LogP contribution is 2.33. The number of aliphatic hydroxyl groups excluding tert-OH is 1. The zero-order valence-electron chi connectivity index (χ0n) is 10.2. The summed E-state index contributed by atoms with van der Waals surface area (Å²) in [5.41, 5.74) is 1.26. The lowest BCUT2D eigenvalue weighted by Gasteiger charge is -2.13. The first kappa shape index (κ1) is 15.3. The number of carbonyl (C=O) groups excluding carboxylic acids is 1. The molecule has 0 atom stereocenters. The molecule has 0 spiro atoms. The highest BCUT2D eigenvalue weighted by atomic mass is 79.9. The summed E-state index contributed by atoms with van der Waals surface area (Å²) in [6.07, 6.45) is 0. The predicted molar refractivity (Wildman–Crippen MR) is 75.3 cm³/mol. The number of hydrogen-bond acceptors (Lipinski definition) is 5. The number of ether oxygens (including phenoxy) is 2. The Morgan fingerprint density at radius 2 is 2.17 bits per heavy atom. The molecule has 6 heteroatoms. The van der Waals surface area contributed by atoms with Crippen LogP contribution in [0.1, 0.15) is 15.9 Å². The zero-order chi connectivity index (χ0) is 13.5. The number of thioether (sulfide) groups is 1. The van der Waals surface area contributed by atoms with Gasteiger partial charge in [-0.2, -0.15) is 11.8 Å². The third kappa shape index (κ3) is 3.63. The lowest BCUT2D eigenvalue weighted by Crippen LogP contribution is -2.08. The highest BCUT2D eigenvalue weighted by molar-refractivity contribution is 9.10. The van der Waals surface area contributed by atoms with Gasteiger partial charge in [0, 0.05) is 11.5 Å². The van der Waals surface area contributed by atoms with Gasteiger partial charge in [0.1, 0.15) is 11.3 Å². The monoisotopic (exact) mass is 334 g/mol. The lowest BCUT2D eigenvalue weighted by molar-refractivity contribution is 0.0596. The van der Waals surface area contributed by atoms with Gasteiger partial charge in [-0.05, 0) is 27.6 Å². The van der Waals surface area contributed by atoms with Crippen LogP contribution in [0.2, 0.25) is 0 Å². The number of rotatable bonds is 6. The standard InChI is InChI=1S/C12H15BrO4S/c1-16-11-9(13)4-3-8(7-18-6-5-14)10(11)12(15)17-2/h3-4,14H,5-7H2,1-2H3. The Morgan fingerprint density at radius 3 is 2.72 bits per heavy atom. The summed E-state index contributed by atoms with van der Waals surface area (Å²) >= 11 is 4.89. The van der Waals surface area contributed by atoms with E-state index in [4.69, 9.17) is 14.6 Å². The number of aliphatic hydroxyl groups is 1. The molecule has 4 nitrogen and oxygen atoms in total. The molecule has 0 saturated heterocycles. The first-order valence-electron chi connectivity index (χ1n) is 5.28. The molecular weight excluding hydrogens is 320 g/mol. The van der Waals surface area contributed by atoms with Gasteiger partial charge in [0.05, 0.1) is 25.3 Å². The minimum Gasteiger partial charge on any atom is -0.495 e. The van der Waals surface area contributed by atoms with E-state index in [1.807, 2.05) is 12.1 Å². The van der Waals surface area contributed by atoms with Gasteiger partial charge in [0.2, 0.25) is 0 Å². The van der Waals surface area contributed by atoms with E-state index in [2.05, 4.69) is 15.9 Å². The van der Waals surface area contributed by atoms with E-state index >= 15 is 0 Å². The van der Waals surface area contributed by atoms with Gasteiger partial charge in [-0.1, -0.05) is 6.07 Å². The average Bonchev–Trinajstić information content (AvgIpc) is 2.39. The summed E-state index contributed by atoms with van der Waals surface area (Å²) in [5, 5.41) is 8.77. The number of esters is 1. The molecule has 1 aromatic rings. The van der Waals surface area contributed by atoms with Gasteiger partial charge in [-0.25, -0.2) is 4.79 Å². The topological polar surface area (TPSA) is 55.8 Å². The quantitative estimate of drug-likeness (QED) is 0.639. The summed E-state index contributed by atoms with van der Waals surface area (Å²) in [4.78, 5) is 11.8. The van der Waals surface area contributed by atoms with Crippen molar-refractivity contribution in [2.24, 2.45) is 0 Å². The fraction of sp³-hybridized carbons (Fsp3) is 0.417. The van der Waals surface area contributed by atoms with Gasteiger partial charge in [-0.3, -0.25) is 0 Å². The molecule has 0 aliphatic heterocycles. The maximum atomic E-state index is 11.8. The van der Waals surface area contributed by atoms with Crippen LogP contribution in [0, 0.1) is 0 Å². The summed E-state index contributed by atoms with van der Waals surface area (Å²) in [5.74, 6) is 1.30. The zero-order valence-corrected chi connectivity index (χ0v) is 12.6. The number of carbonyl (C=O) groups is 1. The molecule has 1 aromatic carbocycles. The third-order valence-electron chi connectivity index (χ3n) is 2.28. The summed E-state index contributed by atoms with van der Waals surface area (Å²) in [7, 11) is 2.85. The van der Waals surface area contributed by atoms with E-state index in [1.54, 1.807) is 11.8 Å². The van der Waals surface area contributed by atoms with E-state index in [1.165, 1.54) is 14.2 Å². The lowest BCUT2D eigenvalue weighted by atomic mass is 10.1. The van der Waals surface area contributed by atoms with Crippen molar-refractivity contribution in [1.82, 2.24) is 0 Å². The van der Waals surface area contributed by atoms with Gasteiger partial charge in [0.25, 0.3) is 0 Å². The molecule has 0 radical (unpaired) electrons. The number of benzene rings is 1. The number of halogens is 1. The van der Waals surface area contributed by atoms with Crippen molar-refractivity contribution in [3.63, 3.8) is 0 Å². The van der Waals surface area contributed by atoms with Gasteiger partial charge < -0.3 is 14.6 Å². The molecule has 0 heterocycles. The molecule has 0 aliphatic rings. The van der Waals surface area contributed by atoms with E-state index in [0.717, 1.165) is 5.56 Å². The van der Waals surface area contributed by atoms with Crippen LogP contribution >= 0.6 is 27.7 Å². The van der Waals surface area contributed by atoms with Crippen molar-refractivity contribution in [2.45, 2.75) is 5.75 Å². The third-order valence-corrected chi connectivity index (χ3v) is 3.89. The molecule has 1 rings (SSSR count). The Hall–Kier alpha value is -0.720. The second-order valence-electron chi connectivity index (χ2n) is 3.38. The molecule has 100 valence electrons. The van der Waals surface area contributed by atoms with Crippen molar-refractivity contribution in [1.29, 1.82) is 0 Å². The minimum atomic E-state index is -0.423. The van der Waals surface area contributed by atoms with Crippen LogP contribution in [0.15, 0.2) is 16.6 Å². The predicted octanol–water partition coefficient (Wildman–Crippen LogP) is 2.47. The maximum Gasteiger partial charge on any atom is 0.342 e. The molecule has 0 unspecified atom stereocenters. The molecule has 0 fully saturated rings. The number of methoxy groups -OCH3 is 2. The smallest absolute Gasteiger partial charge is 0.342 e. The van der Waals surface area contributed by atoms with Crippen molar-refractivity contribution < 1.29 is 19.4 Å². The van der Waals surface area contributed by atoms with Crippen LogP contribution < -0.4 is 4.74 Å². The van der Waals surface area contributed by atoms with Gasteiger partial charge in [0.15, 0.2) is 0 Å². The minimum absolute atomic E-state index is 0.117. The van der Waals surface area contributed by atoms with Crippen LogP contribution in [-0.4, -0.2) is 37.7 Å². The Morgan fingerprint density at radius 1 is 1.44 bits per heavy atom. The fourth-order valence-corrected chi connectivity index (χ4v) is 2.72. The van der Waals surface area contributed by atoms with Crippen LogP contribution in [0.5, 0.6) is 5.75 Å². The molecule has 0 aliphatic carbocycles.